The lowest BCUT2D eigenvalue weighted by Crippen LogP contribution is -2.46. The third kappa shape index (κ3) is 5.05. The van der Waals surface area contributed by atoms with Crippen LogP contribution in [0.3, 0.4) is 0 Å². The molecule has 1 aliphatic rings. The number of para-hydroxylation sites is 1. The molecule has 1 amide bonds. The number of sulfone groups is 1. The molecule has 0 spiro atoms. The standard InChI is InChI=1S/C25H29N3O5S/c1-2-3-11-25(31)12-14-28(15-13-25)24(30)19-9-7-18(8-10-19)16-34(32,33)21-6-4-5-20-22(21)26-17-27-23(20)29/h4-10,17,31H,2-3,11-16H2,1H3,(H,26,27,29). The van der Waals surface area contributed by atoms with Gasteiger partial charge >= 0.3 is 0 Å². The lowest BCUT2D eigenvalue weighted by atomic mass is 9.86. The zero-order valence-electron chi connectivity index (χ0n) is 19.2. The number of fused-ring (bicyclic) bond motifs is 1. The maximum absolute atomic E-state index is 13.1. The number of piperidine rings is 1. The van der Waals surface area contributed by atoms with Gasteiger partial charge in [-0.25, -0.2) is 13.4 Å². The Bertz CT molecular complexity index is 1340. The van der Waals surface area contributed by atoms with Crippen LogP contribution in [0.15, 0.2) is 58.5 Å². The monoisotopic (exact) mass is 483 g/mol. The fourth-order valence-electron chi connectivity index (χ4n) is 4.43. The average Bonchev–Trinajstić information content (AvgIpc) is 2.83. The van der Waals surface area contributed by atoms with Crippen molar-refractivity contribution < 1.29 is 18.3 Å². The summed E-state index contributed by atoms with van der Waals surface area (Å²) in [5.74, 6) is -0.395. The van der Waals surface area contributed by atoms with Crippen LogP contribution >= 0.6 is 0 Å². The van der Waals surface area contributed by atoms with Crippen LogP contribution in [0.2, 0.25) is 0 Å². The van der Waals surface area contributed by atoms with Crippen LogP contribution in [-0.4, -0.2) is 53.0 Å². The van der Waals surface area contributed by atoms with Gasteiger partial charge in [-0.1, -0.05) is 38.0 Å². The number of nitrogens with one attached hydrogen (secondary N) is 1. The Hall–Kier alpha value is -3.04. The van der Waals surface area contributed by atoms with Gasteiger partial charge in [-0.2, -0.15) is 0 Å². The SMILES string of the molecule is CCCCC1(O)CCN(C(=O)c2ccc(CS(=O)(=O)c3cccc4c(=O)[nH]cnc34)cc2)CC1. The van der Waals surface area contributed by atoms with Crippen molar-refractivity contribution in [1.82, 2.24) is 14.9 Å². The van der Waals surface area contributed by atoms with E-state index in [1.165, 1.54) is 24.5 Å². The Morgan fingerprint density at radius 3 is 2.53 bits per heavy atom. The van der Waals surface area contributed by atoms with E-state index >= 15 is 0 Å². The average molecular weight is 484 g/mol. The topological polar surface area (TPSA) is 120 Å². The van der Waals surface area contributed by atoms with Crippen molar-refractivity contribution >= 4 is 26.6 Å². The van der Waals surface area contributed by atoms with Crippen molar-refractivity contribution in [3.8, 4) is 0 Å². The predicted octanol–water partition coefficient (Wildman–Crippen LogP) is 3.05. The summed E-state index contributed by atoms with van der Waals surface area (Å²) in [4.78, 5) is 33.1. The van der Waals surface area contributed by atoms with Crippen LogP contribution in [0.5, 0.6) is 0 Å². The third-order valence-corrected chi connectivity index (χ3v) is 8.22. The summed E-state index contributed by atoms with van der Waals surface area (Å²) in [6.07, 6.45) is 5.08. The van der Waals surface area contributed by atoms with Crippen molar-refractivity contribution in [2.45, 2.75) is 55.3 Å². The number of aromatic nitrogens is 2. The Kier molecular flexibility index (Phi) is 6.86. The van der Waals surface area contributed by atoms with E-state index < -0.39 is 21.0 Å². The third-order valence-electron chi connectivity index (χ3n) is 6.50. The van der Waals surface area contributed by atoms with E-state index in [0.717, 1.165) is 19.3 Å². The molecule has 2 N–H and O–H groups in total. The lowest BCUT2D eigenvalue weighted by molar-refractivity contribution is -0.0242. The van der Waals surface area contributed by atoms with Crippen molar-refractivity contribution in [2.24, 2.45) is 0 Å². The van der Waals surface area contributed by atoms with Gasteiger partial charge in [-0.15, -0.1) is 0 Å². The minimum absolute atomic E-state index is 0.000120. The number of carbonyl (C=O) groups excluding carboxylic acids is 1. The minimum Gasteiger partial charge on any atom is -0.390 e. The van der Waals surface area contributed by atoms with Gasteiger partial charge in [0.1, 0.15) is 0 Å². The van der Waals surface area contributed by atoms with Gasteiger partial charge in [0.2, 0.25) is 0 Å². The van der Waals surface area contributed by atoms with Crippen LogP contribution in [-0.2, 0) is 15.6 Å². The summed E-state index contributed by atoms with van der Waals surface area (Å²) < 4.78 is 26.2. The molecule has 1 aliphatic heterocycles. The molecular formula is C25H29N3O5S. The number of aromatic amines is 1. The van der Waals surface area contributed by atoms with Crippen LogP contribution < -0.4 is 5.56 Å². The van der Waals surface area contributed by atoms with Gasteiger partial charge in [-0.05, 0) is 49.1 Å². The number of rotatable bonds is 7. The number of benzene rings is 2. The fourth-order valence-corrected chi connectivity index (χ4v) is 5.96. The minimum atomic E-state index is -3.77. The molecular weight excluding hydrogens is 454 g/mol. The van der Waals surface area contributed by atoms with E-state index in [9.17, 15) is 23.1 Å². The second-order valence-electron chi connectivity index (χ2n) is 8.96. The molecule has 1 fully saturated rings. The van der Waals surface area contributed by atoms with Gasteiger partial charge in [0.15, 0.2) is 9.84 Å². The first-order chi connectivity index (χ1) is 16.2. The molecule has 9 heteroatoms. The molecule has 0 atom stereocenters. The molecule has 34 heavy (non-hydrogen) atoms. The molecule has 0 saturated carbocycles. The second kappa shape index (κ2) is 9.68. The molecule has 1 saturated heterocycles. The van der Waals surface area contributed by atoms with Crippen molar-refractivity contribution in [2.75, 3.05) is 13.1 Å². The molecule has 4 rings (SSSR count). The number of hydrogen-bond acceptors (Lipinski definition) is 6. The molecule has 0 aliphatic carbocycles. The van der Waals surface area contributed by atoms with E-state index in [-0.39, 0.29) is 27.5 Å². The highest BCUT2D eigenvalue weighted by atomic mass is 32.2. The molecule has 8 nitrogen and oxygen atoms in total. The van der Waals surface area contributed by atoms with E-state index in [0.29, 0.717) is 37.1 Å². The van der Waals surface area contributed by atoms with Crippen LogP contribution in [0.25, 0.3) is 10.9 Å². The van der Waals surface area contributed by atoms with Gasteiger partial charge in [0.05, 0.1) is 33.5 Å². The number of carbonyl (C=O) groups is 1. The Labute approximate surface area is 198 Å². The summed E-state index contributed by atoms with van der Waals surface area (Å²) in [5, 5.41) is 10.9. The van der Waals surface area contributed by atoms with Crippen molar-refractivity contribution in [3.05, 3.63) is 70.3 Å². The number of likely N-dealkylation sites (tertiary alicyclic amines) is 1. The van der Waals surface area contributed by atoms with Gasteiger partial charge in [-0.3, -0.25) is 9.59 Å². The van der Waals surface area contributed by atoms with E-state index in [4.69, 9.17) is 0 Å². The molecule has 0 radical (unpaired) electrons. The Morgan fingerprint density at radius 2 is 1.85 bits per heavy atom. The summed E-state index contributed by atoms with van der Waals surface area (Å²) in [6.45, 7) is 3.10. The Balaban J connectivity index is 1.46. The summed E-state index contributed by atoms with van der Waals surface area (Å²) in [5.41, 5.74) is 0.0739. The number of aliphatic hydroxyl groups is 1. The first kappa shape index (κ1) is 24.1. The number of unbranched alkanes of at least 4 members (excludes halogenated alkanes) is 1. The maximum Gasteiger partial charge on any atom is 0.258 e. The highest BCUT2D eigenvalue weighted by molar-refractivity contribution is 7.90. The number of amides is 1. The predicted molar refractivity (Wildman–Crippen MR) is 129 cm³/mol. The van der Waals surface area contributed by atoms with Crippen LogP contribution in [0.1, 0.15) is 54.9 Å². The van der Waals surface area contributed by atoms with E-state index in [2.05, 4.69) is 16.9 Å². The quantitative estimate of drug-likeness (QED) is 0.533. The summed E-state index contributed by atoms with van der Waals surface area (Å²) in [6, 6.07) is 11.0. The largest absolute Gasteiger partial charge is 0.390 e. The van der Waals surface area contributed by atoms with Gasteiger partial charge in [0, 0.05) is 18.7 Å². The molecule has 1 aromatic heterocycles. The van der Waals surface area contributed by atoms with E-state index in [1.807, 2.05) is 0 Å². The van der Waals surface area contributed by atoms with Gasteiger partial charge in [0.25, 0.3) is 11.5 Å². The molecule has 3 aromatic rings. The highest BCUT2D eigenvalue weighted by Gasteiger charge is 2.33. The normalized spacial score (nSPS) is 16.0. The molecule has 0 bridgehead atoms. The van der Waals surface area contributed by atoms with Crippen LogP contribution in [0, 0.1) is 0 Å². The summed E-state index contributed by atoms with van der Waals surface area (Å²) >= 11 is 0. The number of hydrogen-bond donors (Lipinski definition) is 2. The smallest absolute Gasteiger partial charge is 0.258 e. The second-order valence-corrected chi connectivity index (χ2v) is 10.9. The van der Waals surface area contributed by atoms with Crippen molar-refractivity contribution in [1.29, 1.82) is 0 Å². The summed E-state index contributed by atoms with van der Waals surface area (Å²) in [7, 11) is -3.77. The highest BCUT2D eigenvalue weighted by Crippen LogP contribution is 2.28. The fraction of sp³-hybridized carbons (Fsp3) is 0.400. The molecule has 2 aromatic carbocycles. The van der Waals surface area contributed by atoms with Gasteiger partial charge < -0.3 is 15.0 Å². The lowest BCUT2D eigenvalue weighted by Gasteiger charge is -2.38. The molecule has 2 heterocycles. The van der Waals surface area contributed by atoms with Crippen molar-refractivity contribution in [3.63, 3.8) is 0 Å². The zero-order valence-corrected chi connectivity index (χ0v) is 20.0. The molecule has 0 unspecified atom stereocenters. The first-order valence-electron chi connectivity index (χ1n) is 11.5. The van der Waals surface area contributed by atoms with Crippen LogP contribution in [0.4, 0.5) is 0 Å². The van der Waals surface area contributed by atoms with E-state index in [1.54, 1.807) is 29.2 Å². The Morgan fingerprint density at radius 1 is 1.15 bits per heavy atom. The number of H-pyrrole nitrogens is 1. The number of nitrogens with zero attached hydrogens (tertiary/aromatic N) is 2. The first-order valence-corrected chi connectivity index (χ1v) is 13.2. The zero-order chi connectivity index (χ0) is 24.3. The molecule has 180 valence electrons. The maximum atomic E-state index is 13.1.